The molecule has 1 spiro atoms. The Morgan fingerprint density at radius 1 is 0.984 bits per heavy atom. The van der Waals surface area contributed by atoms with E-state index >= 15 is 8.90 Å². The Kier molecular flexibility index (Phi) is 12.8. The lowest BCUT2D eigenvalue weighted by Crippen LogP contribution is -2.49. The summed E-state index contributed by atoms with van der Waals surface area (Å²) in [5.41, 5.74) is 2.73. The lowest BCUT2D eigenvalue weighted by molar-refractivity contribution is -0.385. The van der Waals surface area contributed by atoms with Gasteiger partial charge in [0.2, 0.25) is 20.2 Å². The summed E-state index contributed by atoms with van der Waals surface area (Å²) < 4.78 is 29.3. The normalized spacial score (nSPS) is 23.9. The van der Waals surface area contributed by atoms with Crippen LogP contribution >= 0.6 is 0 Å². The van der Waals surface area contributed by atoms with Crippen molar-refractivity contribution >= 4 is 48.9 Å². The van der Waals surface area contributed by atoms with Crippen LogP contribution < -0.4 is 19.9 Å². The molecule has 4 aliphatic heterocycles. The third kappa shape index (κ3) is 8.21. The molecule has 4 aromatic carbocycles. The fraction of sp³-hybridized carbons (Fsp3) is 0.438. The standard InChI is InChI=1S/C48H56FN5O9Si/c1-5-62-38-17-19-41-34(23-38)24-40(50-20-8-9-21-55)46(58)53(41)35-14-12-31(13-15-35)27-52-42-18-16-36(54(60)61)25-39(42)48(47(52)59)30(2)45(64(3,4)49)43(63-48)26-44(57)51-28-33-11-7-6-10-32(33)22-37(51)29-56/h6-7,10-19,23,25,30,37,40,43,45,50,55-56H,5,8-9,20-22,24,26-29H2,1-4H3/t30-,37-,40?,43+,45-,48+/m0/s1. The lowest BCUT2D eigenvalue weighted by atomic mass is 9.82. The van der Waals surface area contributed by atoms with Gasteiger partial charge in [0.25, 0.3) is 11.6 Å². The van der Waals surface area contributed by atoms with Gasteiger partial charge in [0.05, 0.1) is 60.7 Å². The molecule has 0 radical (unpaired) electrons. The van der Waals surface area contributed by atoms with Crippen LogP contribution in [0.4, 0.5) is 26.9 Å². The van der Waals surface area contributed by atoms with Crippen molar-refractivity contribution in [1.82, 2.24) is 10.2 Å². The van der Waals surface area contributed by atoms with Crippen molar-refractivity contribution in [2.24, 2.45) is 5.92 Å². The number of aliphatic hydroxyl groups is 2. The molecule has 64 heavy (non-hydrogen) atoms. The van der Waals surface area contributed by atoms with Gasteiger partial charge in [-0.3, -0.25) is 29.4 Å². The summed E-state index contributed by atoms with van der Waals surface area (Å²) in [6, 6.07) is 23.9. The van der Waals surface area contributed by atoms with Crippen molar-refractivity contribution in [3.63, 3.8) is 0 Å². The highest BCUT2D eigenvalue weighted by molar-refractivity contribution is 6.72. The maximum absolute atomic E-state index is 16.7. The predicted octanol–water partition coefficient (Wildman–Crippen LogP) is 6.60. The van der Waals surface area contributed by atoms with Gasteiger partial charge in [-0.2, -0.15) is 0 Å². The number of amides is 3. The molecule has 0 bridgehead atoms. The van der Waals surface area contributed by atoms with Gasteiger partial charge in [0.1, 0.15) is 5.75 Å². The van der Waals surface area contributed by atoms with Crippen molar-refractivity contribution < 1.29 is 43.1 Å². The molecule has 1 saturated heterocycles. The van der Waals surface area contributed by atoms with Gasteiger partial charge in [-0.05, 0) is 111 Å². The Balaban J connectivity index is 1.09. The molecule has 14 nitrogen and oxygen atoms in total. The number of non-ortho nitro benzene ring substituents is 1. The summed E-state index contributed by atoms with van der Waals surface area (Å²) in [5, 5.41) is 35.2. The lowest BCUT2D eigenvalue weighted by Gasteiger charge is -2.37. The summed E-state index contributed by atoms with van der Waals surface area (Å²) >= 11 is 0. The molecule has 4 aliphatic rings. The van der Waals surface area contributed by atoms with Crippen molar-refractivity contribution in [3.05, 3.63) is 123 Å². The average molecular weight is 894 g/mol. The van der Waals surface area contributed by atoms with E-state index in [1.54, 1.807) is 16.7 Å². The SMILES string of the molecule is CCOc1ccc2c(c1)CC(NCCCCO)C(=O)N2c1ccc(CN2C(=O)[C@]3(O[C@H](CC(=O)N4Cc5ccccc5C[C@H]4CO)[C@@H]([Si](C)(C)F)[C@@H]3C)c3cc([N+](=O)[O-])ccc32)cc1. The number of rotatable bonds is 15. The van der Waals surface area contributed by atoms with E-state index in [4.69, 9.17) is 9.47 Å². The number of nitrogens with one attached hydrogen (secondary N) is 1. The van der Waals surface area contributed by atoms with E-state index in [0.29, 0.717) is 61.5 Å². The van der Waals surface area contributed by atoms with E-state index in [2.05, 4.69) is 5.32 Å². The van der Waals surface area contributed by atoms with Crippen LogP contribution in [0.3, 0.4) is 0 Å². The quantitative estimate of drug-likeness (QED) is 0.0388. The first-order valence-corrected chi connectivity index (χ1v) is 25.1. The molecule has 4 heterocycles. The largest absolute Gasteiger partial charge is 0.494 e. The molecule has 4 aromatic rings. The van der Waals surface area contributed by atoms with E-state index in [0.717, 1.165) is 22.4 Å². The molecule has 0 aromatic heterocycles. The second-order valence-corrected chi connectivity index (χ2v) is 21.7. The average Bonchev–Trinajstić information content (AvgIpc) is 3.70. The third-order valence-electron chi connectivity index (χ3n) is 13.5. The van der Waals surface area contributed by atoms with Crippen LogP contribution in [0, 0.1) is 16.0 Å². The highest BCUT2D eigenvalue weighted by atomic mass is 28.4. The van der Waals surface area contributed by atoms with E-state index in [1.165, 1.54) is 36.2 Å². The number of ether oxygens (including phenoxy) is 2. The van der Waals surface area contributed by atoms with Crippen molar-refractivity contribution in [1.29, 1.82) is 0 Å². The summed E-state index contributed by atoms with van der Waals surface area (Å²) in [4.78, 5) is 60.0. The van der Waals surface area contributed by atoms with E-state index in [9.17, 15) is 29.9 Å². The van der Waals surface area contributed by atoms with Crippen molar-refractivity contribution in [2.45, 2.75) is 101 Å². The number of hydrogen-bond donors (Lipinski definition) is 3. The monoisotopic (exact) mass is 893 g/mol. The summed E-state index contributed by atoms with van der Waals surface area (Å²) in [6.45, 7) is 7.90. The topological polar surface area (TPSA) is 175 Å². The number of nitro groups is 1. The number of nitro benzene ring substituents is 1. The second kappa shape index (κ2) is 18.2. The van der Waals surface area contributed by atoms with Crippen LogP contribution in [0.15, 0.2) is 84.9 Å². The Morgan fingerprint density at radius 2 is 1.72 bits per heavy atom. The summed E-state index contributed by atoms with van der Waals surface area (Å²) in [6.07, 6.45) is 0.997. The van der Waals surface area contributed by atoms with Crippen LogP contribution in [-0.2, 0) is 50.7 Å². The first-order chi connectivity index (χ1) is 30.7. The van der Waals surface area contributed by atoms with Crippen LogP contribution in [0.25, 0.3) is 0 Å². The van der Waals surface area contributed by atoms with Crippen molar-refractivity contribution in [2.75, 3.05) is 36.2 Å². The number of aliphatic hydroxyl groups excluding tert-OH is 2. The minimum atomic E-state index is -3.71. The molecule has 338 valence electrons. The van der Waals surface area contributed by atoms with Gasteiger partial charge in [-0.1, -0.05) is 43.3 Å². The number of nitrogens with zero attached hydrogens (tertiary/aromatic N) is 4. The van der Waals surface area contributed by atoms with Gasteiger partial charge < -0.3 is 38.9 Å². The van der Waals surface area contributed by atoms with Crippen LogP contribution in [0.1, 0.15) is 60.9 Å². The van der Waals surface area contributed by atoms with Gasteiger partial charge in [-0.15, -0.1) is 0 Å². The number of fused-ring (bicyclic) bond motifs is 4. The number of benzene rings is 4. The molecule has 0 saturated carbocycles. The zero-order valence-corrected chi connectivity index (χ0v) is 37.7. The van der Waals surface area contributed by atoms with Crippen LogP contribution in [0.2, 0.25) is 18.6 Å². The van der Waals surface area contributed by atoms with Crippen LogP contribution in [-0.4, -0.2) is 90.7 Å². The maximum Gasteiger partial charge on any atom is 0.269 e. The van der Waals surface area contributed by atoms with Crippen LogP contribution in [0.5, 0.6) is 5.75 Å². The Morgan fingerprint density at radius 3 is 2.41 bits per heavy atom. The predicted molar refractivity (Wildman–Crippen MR) is 242 cm³/mol. The van der Waals surface area contributed by atoms with Crippen molar-refractivity contribution in [3.8, 4) is 5.75 Å². The number of carbonyl (C=O) groups is 3. The van der Waals surface area contributed by atoms with Gasteiger partial charge in [0.15, 0.2) is 5.60 Å². The Bertz CT molecular complexity index is 2430. The fourth-order valence-corrected chi connectivity index (χ4v) is 13.0. The maximum atomic E-state index is 16.7. The minimum Gasteiger partial charge on any atom is -0.494 e. The molecule has 16 heteroatoms. The number of anilines is 3. The second-order valence-electron chi connectivity index (χ2n) is 17.9. The summed E-state index contributed by atoms with van der Waals surface area (Å²) in [7, 11) is -3.71. The zero-order chi connectivity index (χ0) is 45.5. The van der Waals surface area contributed by atoms with Gasteiger partial charge in [0, 0.05) is 48.0 Å². The molecule has 0 aliphatic carbocycles. The molecule has 3 N–H and O–H groups in total. The fourth-order valence-electron chi connectivity index (χ4n) is 10.5. The smallest absolute Gasteiger partial charge is 0.269 e. The molecular formula is C48H56FN5O9Si. The van der Waals surface area contributed by atoms with Gasteiger partial charge in [-0.25, -0.2) is 0 Å². The number of carbonyl (C=O) groups excluding carboxylic acids is 3. The first-order valence-electron chi connectivity index (χ1n) is 22.2. The number of halogens is 1. The number of hydrogen-bond acceptors (Lipinski definition) is 10. The molecule has 3 amide bonds. The Labute approximate surface area is 373 Å². The molecular weight excluding hydrogens is 838 g/mol. The van der Waals surface area contributed by atoms with Gasteiger partial charge >= 0.3 is 0 Å². The zero-order valence-electron chi connectivity index (χ0n) is 36.7. The first kappa shape index (κ1) is 45.1. The highest BCUT2D eigenvalue weighted by Gasteiger charge is 2.67. The van der Waals surface area contributed by atoms with E-state index in [1.807, 2.05) is 73.7 Å². The molecule has 1 unspecified atom stereocenters. The Hall–Kier alpha value is -5.52. The third-order valence-corrected chi connectivity index (χ3v) is 15.9. The van der Waals surface area contributed by atoms with E-state index < -0.39 is 54.5 Å². The molecule has 8 rings (SSSR count). The minimum absolute atomic E-state index is 0.0368. The highest BCUT2D eigenvalue weighted by Crippen LogP contribution is 2.61. The summed E-state index contributed by atoms with van der Waals surface area (Å²) in [5.74, 6) is -1.06. The number of unbranched alkanes of at least 4 members (excludes halogenated alkanes) is 1. The molecule has 1 fully saturated rings. The molecule has 6 atom stereocenters. The van der Waals surface area contributed by atoms with E-state index in [-0.39, 0.29) is 55.8 Å².